The number of amides is 1. The molecule has 0 aromatic rings. The summed E-state index contributed by atoms with van der Waals surface area (Å²) in [5, 5.41) is 3.85. The predicted octanol–water partition coefficient (Wildman–Crippen LogP) is 6.46. The van der Waals surface area contributed by atoms with E-state index in [0.717, 1.165) is 0 Å². The third-order valence-electron chi connectivity index (χ3n) is 6.28. The lowest BCUT2D eigenvalue weighted by atomic mass is 9.66. The predicted molar refractivity (Wildman–Crippen MR) is 115 cm³/mol. The highest BCUT2D eigenvalue weighted by atomic mass is 32.2. The molecule has 0 bridgehead atoms. The van der Waals surface area contributed by atoms with Gasteiger partial charge in [0.2, 0.25) is 5.91 Å². The number of carbonyl (C=O) groups is 1. The molecule has 3 heteroatoms. The van der Waals surface area contributed by atoms with Gasteiger partial charge < -0.3 is 5.32 Å². The zero-order valence-electron chi connectivity index (χ0n) is 18.9. The van der Waals surface area contributed by atoms with Gasteiger partial charge in [-0.2, -0.15) is 11.8 Å². The summed E-state index contributed by atoms with van der Waals surface area (Å²) in [4.78, 5) is 12.9. The fourth-order valence-corrected chi connectivity index (χ4v) is 4.60. The van der Waals surface area contributed by atoms with Gasteiger partial charge in [-0.15, -0.1) is 0 Å². The van der Waals surface area contributed by atoms with E-state index in [4.69, 9.17) is 0 Å². The van der Waals surface area contributed by atoms with Crippen molar-refractivity contribution in [3.05, 3.63) is 12.2 Å². The Morgan fingerprint density at radius 1 is 0.960 bits per heavy atom. The molecule has 25 heavy (non-hydrogen) atoms. The van der Waals surface area contributed by atoms with Crippen LogP contribution >= 0.6 is 11.8 Å². The highest BCUT2D eigenvalue weighted by Gasteiger charge is 2.44. The van der Waals surface area contributed by atoms with Crippen LogP contribution in [0.15, 0.2) is 12.2 Å². The molecule has 2 nitrogen and oxygen atoms in total. The number of thioether (sulfide) groups is 1. The van der Waals surface area contributed by atoms with Crippen molar-refractivity contribution in [3.8, 4) is 0 Å². The van der Waals surface area contributed by atoms with Gasteiger partial charge in [-0.25, -0.2) is 0 Å². The Morgan fingerprint density at radius 3 is 1.76 bits per heavy atom. The lowest BCUT2D eigenvalue weighted by Crippen LogP contribution is -2.56. The molecule has 148 valence electrons. The van der Waals surface area contributed by atoms with Crippen molar-refractivity contribution in [3.63, 3.8) is 0 Å². The van der Waals surface area contributed by atoms with Crippen LogP contribution in [0.25, 0.3) is 0 Å². The first-order valence-electron chi connectivity index (χ1n) is 9.55. The first-order valence-corrected chi connectivity index (χ1v) is 10.4. The topological polar surface area (TPSA) is 29.1 Å². The fraction of sp³-hybridized carbons (Fsp3) is 0.864. The quantitative estimate of drug-likeness (QED) is 0.473. The molecule has 0 fully saturated rings. The standard InChI is InChI=1S/C22H43NOS/c1-15(2)17(5)20(8,9)21(10,11)23-18(24)14-19(6,7)22(12,13)25-16(3)4/h15-16H,5,14H2,1-4,6-13H3,(H,23,24). The molecule has 0 aliphatic rings. The number of hydrogen-bond donors (Lipinski definition) is 1. The lowest BCUT2D eigenvalue weighted by molar-refractivity contribution is -0.126. The molecule has 0 heterocycles. The summed E-state index contributed by atoms with van der Waals surface area (Å²) in [6, 6.07) is 0. The van der Waals surface area contributed by atoms with Gasteiger partial charge in [0.1, 0.15) is 0 Å². The van der Waals surface area contributed by atoms with Crippen LogP contribution in [0.5, 0.6) is 0 Å². The molecule has 0 aliphatic heterocycles. The van der Waals surface area contributed by atoms with Crippen LogP contribution in [0.2, 0.25) is 0 Å². The van der Waals surface area contributed by atoms with Crippen LogP contribution in [0.1, 0.15) is 89.5 Å². The summed E-state index contributed by atoms with van der Waals surface area (Å²) in [6.07, 6.45) is 0.521. The average Bonchev–Trinajstić information content (AvgIpc) is 2.33. The number of rotatable bonds is 9. The first kappa shape index (κ1) is 24.6. The van der Waals surface area contributed by atoms with Crippen LogP contribution in [0.4, 0.5) is 0 Å². The summed E-state index contributed by atoms with van der Waals surface area (Å²) in [5.41, 5.74) is 0.550. The summed E-state index contributed by atoms with van der Waals surface area (Å²) in [5.74, 6) is 0.515. The van der Waals surface area contributed by atoms with E-state index in [0.29, 0.717) is 17.6 Å². The van der Waals surface area contributed by atoms with E-state index in [1.54, 1.807) is 0 Å². The molecule has 0 atom stereocenters. The molecule has 1 N–H and O–H groups in total. The van der Waals surface area contributed by atoms with Crippen molar-refractivity contribution >= 4 is 17.7 Å². The molecule has 0 radical (unpaired) electrons. The molecule has 0 aromatic heterocycles. The summed E-state index contributed by atoms with van der Waals surface area (Å²) < 4.78 is 0.0275. The molecular formula is C22H43NOS. The van der Waals surface area contributed by atoms with Crippen LogP contribution in [-0.2, 0) is 4.79 Å². The molecule has 0 aliphatic carbocycles. The van der Waals surface area contributed by atoms with Crippen molar-refractivity contribution < 1.29 is 4.79 Å². The van der Waals surface area contributed by atoms with Crippen molar-refractivity contribution in [1.82, 2.24) is 5.32 Å². The summed E-state index contributed by atoms with van der Waals surface area (Å²) in [7, 11) is 0. The molecule has 0 saturated heterocycles. The minimum absolute atomic E-state index is 0.0275. The zero-order chi connectivity index (χ0) is 20.4. The average molecular weight is 370 g/mol. The molecule has 0 aromatic carbocycles. The first-order chi connectivity index (χ1) is 10.9. The Balaban J connectivity index is 5.24. The van der Waals surface area contributed by atoms with Gasteiger partial charge in [0.25, 0.3) is 0 Å². The molecule has 0 spiro atoms. The number of hydrogen-bond acceptors (Lipinski definition) is 2. The SMILES string of the molecule is C=C(C(C)C)C(C)(C)C(C)(C)NC(=O)CC(C)(C)C(C)(C)SC(C)C. The summed E-state index contributed by atoms with van der Waals surface area (Å²) in [6.45, 7) is 30.5. The maximum absolute atomic E-state index is 12.9. The van der Waals surface area contributed by atoms with Gasteiger partial charge in [-0.05, 0) is 30.4 Å². The van der Waals surface area contributed by atoms with Gasteiger partial charge in [-0.3, -0.25) is 4.79 Å². The van der Waals surface area contributed by atoms with Crippen molar-refractivity contribution in [1.29, 1.82) is 0 Å². The largest absolute Gasteiger partial charge is 0.350 e. The molecule has 0 rings (SSSR count). The minimum Gasteiger partial charge on any atom is -0.350 e. The van der Waals surface area contributed by atoms with Crippen molar-refractivity contribution in [2.24, 2.45) is 16.7 Å². The molecule has 0 unspecified atom stereocenters. The van der Waals surface area contributed by atoms with Gasteiger partial charge in [0.05, 0.1) is 0 Å². The van der Waals surface area contributed by atoms with Crippen LogP contribution in [-0.4, -0.2) is 21.4 Å². The van der Waals surface area contributed by atoms with Crippen molar-refractivity contribution in [2.75, 3.05) is 0 Å². The van der Waals surface area contributed by atoms with Gasteiger partial charge in [0.15, 0.2) is 0 Å². The Hall–Kier alpha value is -0.440. The van der Waals surface area contributed by atoms with E-state index in [1.807, 2.05) is 11.8 Å². The second-order valence-electron chi connectivity index (χ2n) is 10.2. The number of nitrogens with one attached hydrogen (secondary N) is 1. The number of carbonyl (C=O) groups excluding carboxylic acids is 1. The van der Waals surface area contributed by atoms with Crippen molar-refractivity contribution in [2.45, 2.75) is 105 Å². The Labute approximate surface area is 162 Å². The smallest absolute Gasteiger partial charge is 0.221 e. The second kappa shape index (κ2) is 8.06. The third kappa shape index (κ3) is 6.05. The molecule has 1 amide bonds. The molecule has 0 saturated carbocycles. The zero-order valence-corrected chi connectivity index (χ0v) is 19.7. The maximum Gasteiger partial charge on any atom is 0.221 e. The normalized spacial score (nSPS) is 14.2. The highest BCUT2D eigenvalue weighted by Crippen LogP contribution is 2.46. The van der Waals surface area contributed by atoms with E-state index < -0.39 is 0 Å². The maximum atomic E-state index is 12.9. The third-order valence-corrected chi connectivity index (χ3v) is 7.89. The Kier molecular flexibility index (Phi) is 7.92. The Morgan fingerprint density at radius 2 is 1.40 bits per heavy atom. The lowest BCUT2D eigenvalue weighted by Gasteiger charge is -2.46. The van der Waals surface area contributed by atoms with Crippen LogP contribution in [0.3, 0.4) is 0 Å². The van der Waals surface area contributed by atoms with Gasteiger partial charge >= 0.3 is 0 Å². The van der Waals surface area contributed by atoms with Gasteiger partial charge in [-0.1, -0.05) is 81.4 Å². The van der Waals surface area contributed by atoms with Crippen LogP contribution in [0, 0.1) is 16.7 Å². The monoisotopic (exact) mass is 369 g/mol. The fourth-order valence-electron chi connectivity index (χ4n) is 3.04. The Bertz CT molecular complexity index is 484. The van der Waals surface area contributed by atoms with E-state index in [2.05, 4.69) is 95.0 Å². The molecular weight excluding hydrogens is 326 g/mol. The summed E-state index contributed by atoms with van der Waals surface area (Å²) >= 11 is 1.94. The second-order valence-corrected chi connectivity index (χ2v) is 12.4. The van der Waals surface area contributed by atoms with Gasteiger partial charge in [0, 0.05) is 22.1 Å². The van der Waals surface area contributed by atoms with E-state index in [1.165, 1.54) is 5.57 Å². The van der Waals surface area contributed by atoms with E-state index in [-0.39, 0.29) is 27.0 Å². The van der Waals surface area contributed by atoms with E-state index >= 15 is 0 Å². The van der Waals surface area contributed by atoms with E-state index in [9.17, 15) is 4.79 Å². The highest BCUT2D eigenvalue weighted by molar-refractivity contribution is 8.01. The van der Waals surface area contributed by atoms with Crippen LogP contribution < -0.4 is 5.32 Å². The minimum atomic E-state index is -0.350.